The van der Waals surface area contributed by atoms with Crippen molar-refractivity contribution < 1.29 is 9.59 Å². The minimum atomic E-state index is -0.776. The van der Waals surface area contributed by atoms with Crippen molar-refractivity contribution in [3.05, 3.63) is 23.4 Å². The van der Waals surface area contributed by atoms with Gasteiger partial charge in [0.15, 0.2) is 0 Å². The first kappa shape index (κ1) is 15.9. The van der Waals surface area contributed by atoms with Crippen molar-refractivity contribution in [2.45, 2.75) is 27.7 Å². The molecule has 0 aliphatic rings. The Morgan fingerprint density at radius 3 is 2.55 bits per heavy atom. The Hall–Kier alpha value is -2.11. The summed E-state index contributed by atoms with van der Waals surface area (Å²) in [6, 6.07) is 3.39. The summed E-state index contributed by atoms with van der Waals surface area (Å²) in [7, 11) is 0. The molecule has 0 aliphatic heterocycles. The summed E-state index contributed by atoms with van der Waals surface area (Å²) in [5.41, 5.74) is 5.76. The number of primary amides is 1. The van der Waals surface area contributed by atoms with Crippen molar-refractivity contribution in [1.29, 1.82) is 0 Å². The predicted octanol–water partition coefficient (Wildman–Crippen LogP) is 1.06. The molecule has 1 rings (SSSR count). The number of carbonyl (C=O) groups excluding carboxylic acids is 2. The number of aryl methyl sites for hydroxylation is 1. The number of carbonyl (C=O) groups is 2. The lowest BCUT2D eigenvalue weighted by Crippen LogP contribution is -2.42. The van der Waals surface area contributed by atoms with Crippen LogP contribution in [0.25, 0.3) is 0 Å². The van der Waals surface area contributed by atoms with Gasteiger partial charge in [-0.2, -0.15) is 0 Å². The fourth-order valence-electron chi connectivity index (χ4n) is 1.56. The fourth-order valence-corrected chi connectivity index (χ4v) is 1.56. The maximum absolute atomic E-state index is 12.1. The zero-order valence-corrected chi connectivity index (χ0v) is 12.4. The molecule has 1 aromatic rings. The molecule has 6 heteroatoms. The van der Waals surface area contributed by atoms with Crippen LogP contribution in [0, 0.1) is 12.3 Å². The first-order valence-electron chi connectivity index (χ1n) is 6.57. The van der Waals surface area contributed by atoms with Crippen LogP contribution < -0.4 is 16.4 Å². The van der Waals surface area contributed by atoms with Gasteiger partial charge in [-0.05, 0) is 39.8 Å². The van der Waals surface area contributed by atoms with Gasteiger partial charge >= 0.3 is 0 Å². The summed E-state index contributed by atoms with van der Waals surface area (Å²) in [5.74, 6) is -0.0344. The van der Waals surface area contributed by atoms with Crippen LogP contribution in [0.4, 0.5) is 5.82 Å². The highest BCUT2D eigenvalue weighted by molar-refractivity contribution is 5.95. The van der Waals surface area contributed by atoms with E-state index in [-0.39, 0.29) is 12.5 Å². The minimum Gasteiger partial charge on any atom is -0.370 e. The average molecular weight is 278 g/mol. The molecule has 6 nitrogen and oxygen atoms in total. The van der Waals surface area contributed by atoms with Crippen LogP contribution in [0.5, 0.6) is 0 Å². The standard InChI is InChI=1S/C14H22N4O2/c1-5-16-11-7-10(6-9(2)18-11)12(19)17-8-14(3,4)13(15)20/h6-7H,5,8H2,1-4H3,(H2,15,20)(H,16,18)(H,17,19). The zero-order chi connectivity index (χ0) is 15.3. The van der Waals surface area contributed by atoms with E-state index in [4.69, 9.17) is 5.73 Å². The van der Waals surface area contributed by atoms with E-state index in [1.165, 1.54) is 0 Å². The minimum absolute atomic E-state index is 0.194. The van der Waals surface area contributed by atoms with Gasteiger partial charge in [0.2, 0.25) is 5.91 Å². The number of nitrogens with one attached hydrogen (secondary N) is 2. The number of hydrogen-bond donors (Lipinski definition) is 3. The van der Waals surface area contributed by atoms with Gasteiger partial charge in [-0.15, -0.1) is 0 Å². The molecule has 0 saturated heterocycles. The van der Waals surface area contributed by atoms with E-state index in [0.29, 0.717) is 11.4 Å². The summed E-state index contributed by atoms with van der Waals surface area (Å²) in [6.07, 6.45) is 0. The summed E-state index contributed by atoms with van der Waals surface area (Å²) in [4.78, 5) is 27.6. The highest BCUT2D eigenvalue weighted by atomic mass is 16.2. The molecule has 0 aliphatic carbocycles. The molecular formula is C14H22N4O2. The van der Waals surface area contributed by atoms with Crippen LogP contribution in [0.15, 0.2) is 12.1 Å². The maximum Gasteiger partial charge on any atom is 0.251 e. The predicted molar refractivity (Wildman–Crippen MR) is 78.4 cm³/mol. The second-order valence-electron chi connectivity index (χ2n) is 5.34. The fraction of sp³-hybridized carbons (Fsp3) is 0.500. The van der Waals surface area contributed by atoms with Crippen LogP contribution in [0.3, 0.4) is 0 Å². The Bertz CT molecular complexity index is 512. The average Bonchev–Trinajstić information content (AvgIpc) is 2.35. The Balaban J connectivity index is 2.80. The van der Waals surface area contributed by atoms with Crippen molar-refractivity contribution in [1.82, 2.24) is 10.3 Å². The molecule has 0 radical (unpaired) electrons. The SMILES string of the molecule is CCNc1cc(C(=O)NCC(C)(C)C(N)=O)cc(C)n1. The Labute approximate surface area is 119 Å². The summed E-state index contributed by atoms with van der Waals surface area (Å²) in [6.45, 7) is 8.09. The third-order valence-corrected chi connectivity index (χ3v) is 2.93. The number of amides is 2. The van der Waals surface area contributed by atoms with Crippen molar-refractivity contribution in [3.63, 3.8) is 0 Å². The Morgan fingerprint density at radius 1 is 1.35 bits per heavy atom. The lowest BCUT2D eigenvalue weighted by Gasteiger charge is -2.20. The van der Waals surface area contributed by atoms with Crippen LogP contribution in [-0.2, 0) is 4.79 Å². The normalized spacial score (nSPS) is 11.0. The van der Waals surface area contributed by atoms with Gasteiger partial charge in [-0.3, -0.25) is 9.59 Å². The highest BCUT2D eigenvalue weighted by Gasteiger charge is 2.25. The van der Waals surface area contributed by atoms with Crippen molar-refractivity contribution in [2.75, 3.05) is 18.4 Å². The van der Waals surface area contributed by atoms with E-state index in [1.807, 2.05) is 13.8 Å². The first-order valence-corrected chi connectivity index (χ1v) is 6.57. The quantitative estimate of drug-likeness (QED) is 0.725. The monoisotopic (exact) mass is 278 g/mol. The molecule has 0 bridgehead atoms. The van der Waals surface area contributed by atoms with Gasteiger partial charge in [0.25, 0.3) is 5.91 Å². The van der Waals surface area contributed by atoms with E-state index in [9.17, 15) is 9.59 Å². The van der Waals surface area contributed by atoms with E-state index in [0.717, 1.165) is 12.2 Å². The Morgan fingerprint density at radius 2 is 2.00 bits per heavy atom. The molecule has 1 aromatic heterocycles. The molecule has 0 aromatic carbocycles. The topological polar surface area (TPSA) is 97.1 Å². The van der Waals surface area contributed by atoms with Crippen LogP contribution in [-0.4, -0.2) is 29.9 Å². The maximum atomic E-state index is 12.1. The molecule has 1 heterocycles. The number of nitrogens with zero attached hydrogens (tertiary/aromatic N) is 1. The summed E-state index contributed by atoms with van der Waals surface area (Å²) < 4.78 is 0. The highest BCUT2D eigenvalue weighted by Crippen LogP contribution is 2.14. The van der Waals surface area contributed by atoms with E-state index in [1.54, 1.807) is 26.0 Å². The van der Waals surface area contributed by atoms with Crippen molar-refractivity contribution >= 4 is 17.6 Å². The van der Waals surface area contributed by atoms with E-state index < -0.39 is 11.3 Å². The van der Waals surface area contributed by atoms with Gasteiger partial charge < -0.3 is 16.4 Å². The van der Waals surface area contributed by atoms with Gasteiger partial charge in [0, 0.05) is 24.3 Å². The van der Waals surface area contributed by atoms with Gasteiger partial charge in [-0.1, -0.05) is 0 Å². The second-order valence-corrected chi connectivity index (χ2v) is 5.34. The second kappa shape index (κ2) is 6.36. The van der Waals surface area contributed by atoms with E-state index in [2.05, 4.69) is 15.6 Å². The lowest BCUT2D eigenvalue weighted by atomic mass is 9.92. The molecule has 2 amide bonds. The third-order valence-electron chi connectivity index (χ3n) is 2.93. The zero-order valence-electron chi connectivity index (χ0n) is 12.4. The molecule has 0 fully saturated rings. The van der Waals surface area contributed by atoms with Crippen LogP contribution in [0.1, 0.15) is 36.8 Å². The smallest absolute Gasteiger partial charge is 0.251 e. The number of rotatable bonds is 6. The molecule has 0 saturated carbocycles. The van der Waals surface area contributed by atoms with Crippen molar-refractivity contribution in [3.8, 4) is 0 Å². The van der Waals surface area contributed by atoms with Gasteiger partial charge in [-0.25, -0.2) is 4.98 Å². The van der Waals surface area contributed by atoms with E-state index >= 15 is 0 Å². The third kappa shape index (κ3) is 4.22. The van der Waals surface area contributed by atoms with Crippen molar-refractivity contribution in [2.24, 2.45) is 11.1 Å². The summed E-state index contributed by atoms with van der Waals surface area (Å²) in [5, 5.41) is 5.79. The summed E-state index contributed by atoms with van der Waals surface area (Å²) >= 11 is 0. The number of nitrogens with two attached hydrogens (primary N) is 1. The molecule has 0 atom stereocenters. The van der Waals surface area contributed by atoms with Gasteiger partial charge in [0.05, 0.1) is 5.41 Å². The first-order chi connectivity index (χ1) is 9.26. The molecule has 20 heavy (non-hydrogen) atoms. The molecule has 110 valence electrons. The van der Waals surface area contributed by atoms with Crippen LogP contribution >= 0.6 is 0 Å². The number of pyridine rings is 1. The number of anilines is 1. The molecule has 4 N–H and O–H groups in total. The molecular weight excluding hydrogens is 256 g/mol. The van der Waals surface area contributed by atoms with Gasteiger partial charge in [0.1, 0.15) is 5.82 Å². The molecule has 0 spiro atoms. The van der Waals surface area contributed by atoms with Crippen LogP contribution in [0.2, 0.25) is 0 Å². The largest absolute Gasteiger partial charge is 0.370 e. The lowest BCUT2D eigenvalue weighted by molar-refractivity contribution is -0.125. The number of hydrogen-bond acceptors (Lipinski definition) is 4. The molecule has 0 unspecified atom stereocenters. The Kier molecular flexibility index (Phi) is 5.07. The number of aromatic nitrogens is 1.